The van der Waals surface area contributed by atoms with Crippen molar-refractivity contribution in [2.45, 2.75) is 26.3 Å². The summed E-state index contributed by atoms with van der Waals surface area (Å²) in [6, 6.07) is 4.05. The lowest BCUT2D eigenvalue weighted by atomic mass is 9.71. The van der Waals surface area contributed by atoms with E-state index in [1.54, 1.807) is 0 Å². The van der Waals surface area contributed by atoms with Gasteiger partial charge in [-0.1, -0.05) is 0 Å². The van der Waals surface area contributed by atoms with Crippen molar-refractivity contribution < 1.29 is 9.21 Å². The van der Waals surface area contributed by atoms with E-state index in [1.807, 2.05) is 31.0 Å². The number of rotatable bonds is 2. The lowest BCUT2D eigenvalue weighted by Gasteiger charge is -2.51. The number of carbonyl (C=O) groups is 1. The van der Waals surface area contributed by atoms with Gasteiger partial charge in [-0.3, -0.25) is 9.69 Å². The molecule has 1 spiro atoms. The molecule has 4 nitrogen and oxygen atoms in total. The predicted molar refractivity (Wildman–Crippen MR) is 68.0 cm³/mol. The molecule has 18 heavy (non-hydrogen) atoms. The number of carbonyl (C=O) groups excluding carboxylic acids is 1. The first-order chi connectivity index (χ1) is 8.59. The van der Waals surface area contributed by atoms with E-state index in [4.69, 9.17) is 4.42 Å². The third-order valence-corrected chi connectivity index (χ3v) is 4.33. The second kappa shape index (κ2) is 4.12. The molecule has 0 atom stereocenters. The topological polar surface area (TPSA) is 36.7 Å². The van der Waals surface area contributed by atoms with Gasteiger partial charge < -0.3 is 9.32 Å². The van der Waals surface area contributed by atoms with Gasteiger partial charge in [0, 0.05) is 13.6 Å². The third kappa shape index (κ3) is 1.85. The van der Waals surface area contributed by atoms with E-state index in [2.05, 4.69) is 4.90 Å². The van der Waals surface area contributed by atoms with E-state index >= 15 is 0 Å². The average Bonchev–Trinajstić information content (AvgIpc) is 2.77. The molecule has 2 saturated heterocycles. The molecule has 0 N–H and O–H groups in total. The van der Waals surface area contributed by atoms with Crippen LogP contribution in [0, 0.1) is 12.3 Å². The van der Waals surface area contributed by atoms with Crippen molar-refractivity contribution in [1.29, 1.82) is 0 Å². The summed E-state index contributed by atoms with van der Waals surface area (Å²) in [5.41, 5.74) is -0.0235. The van der Waals surface area contributed by atoms with Gasteiger partial charge >= 0.3 is 0 Å². The molecule has 4 heteroatoms. The van der Waals surface area contributed by atoms with Gasteiger partial charge in [-0.15, -0.1) is 0 Å². The van der Waals surface area contributed by atoms with Crippen LogP contribution in [0.4, 0.5) is 0 Å². The van der Waals surface area contributed by atoms with Crippen molar-refractivity contribution in [3.63, 3.8) is 0 Å². The molecule has 0 bridgehead atoms. The molecule has 0 saturated carbocycles. The van der Waals surface area contributed by atoms with Gasteiger partial charge in [-0.2, -0.15) is 0 Å². The molecule has 1 amide bonds. The SMILES string of the molecule is Cc1ccc(CN2CCC3(CC2)CN(C)C3=O)o1. The second-order valence-corrected chi connectivity index (χ2v) is 5.73. The number of piperidine rings is 1. The average molecular weight is 248 g/mol. The Morgan fingerprint density at radius 3 is 2.56 bits per heavy atom. The van der Waals surface area contributed by atoms with Crippen molar-refractivity contribution in [2.24, 2.45) is 5.41 Å². The smallest absolute Gasteiger partial charge is 0.230 e. The number of hydrogen-bond acceptors (Lipinski definition) is 3. The van der Waals surface area contributed by atoms with Crippen molar-refractivity contribution in [2.75, 3.05) is 26.7 Å². The second-order valence-electron chi connectivity index (χ2n) is 5.73. The number of nitrogens with zero attached hydrogens (tertiary/aromatic N) is 2. The Morgan fingerprint density at radius 1 is 1.33 bits per heavy atom. The van der Waals surface area contributed by atoms with Crippen LogP contribution in [0.1, 0.15) is 24.4 Å². The van der Waals surface area contributed by atoms with Gasteiger partial charge in [-0.05, 0) is 45.0 Å². The molecule has 1 aromatic heterocycles. The molecule has 0 aromatic carbocycles. The highest BCUT2D eigenvalue weighted by Gasteiger charge is 2.51. The van der Waals surface area contributed by atoms with Gasteiger partial charge in [0.1, 0.15) is 11.5 Å². The van der Waals surface area contributed by atoms with Crippen LogP contribution in [0.5, 0.6) is 0 Å². The summed E-state index contributed by atoms with van der Waals surface area (Å²) in [5.74, 6) is 2.34. The molecule has 2 fully saturated rings. The monoisotopic (exact) mass is 248 g/mol. The molecule has 0 unspecified atom stereocenters. The first-order valence-corrected chi connectivity index (χ1v) is 6.62. The summed E-state index contributed by atoms with van der Waals surface area (Å²) in [7, 11) is 1.89. The summed E-state index contributed by atoms with van der Waals surface area (Å²) < 4.78 is 5.60. The molecule has 1 aromatic rings. The predicted octanol–water partition coefficient (Wildman–Crippen LogP) is 1.64. The molecule has 2 aliphatic rings. The number of furan rings is 1. The molecular weight excluding hydrogens is 228 g/mol. The van der Waals surface area contributed by atoms with E-state index in [-0.39, 0.29) is 5.41 Å². The van der Waals surface area contributed by atoms with Crippen LogP contribution in [0.3, 0.4) is 0 Å². The highest BCUT2D eigenvalue weighted by Crippen LogP contribution is 2.41. The van der Waals surface area contributed by atoms with E-state index < -0.39 is 0 Å². The quantitative estimate of drug-likeness (QED) is 0.747. The van der Waals surface area contributed by atoms with Crippen LogP contribution in [0.25, 0.3) is 0 Å². The number of aryl methyl sites for hydroxylation is 1. The maximum absolute atomic E-state index is 11.9. The fraction of sp³-hybridized carbons (Fsp3) is 0.643. The highest BCUT2D eigenvalue weighted by molar-refractivity contribution is 5.88. The summed E-state index contributed by atoms with van der Waals surface area (Å²) in [6.45, 7) is 5.78. The lowest BCUT2D eigenvalue weighted by Crippen LogP contribution is -2.63. The minimum atomic E-state index is -0.0235. The van der Waals surface area contributed by atoms with Crippen LogP contribution < -0.4 is 0 Å². The van der Waals surface area contributed by atoms with E-state index in [0.717, 1.165) is 50.5 Å². The first-order valence-electron chi connectivity index (χ1n) is 6.62. The lowest BCUT2D eigenvalue weighted by molar-refractivity contribution is -0.162. The van der Waals surface area contributed by atoms with Crippen LogP contribution in [0.15, 0.2) is 16.5 Å². The van der Waals surface area contributed by atoms with Crippen molar-refractivity contribution >= 4 is 5.91 Å². The van der Waals surface area contributed by atoms with Gasteiger partial charge in [0.15, 0.2) is 0 Å². The number of hydrogen-bond donors (Lipinski definition) is 0. The maximum Gasteiger partial charge on any atom is 0.230 e. The van der Waals surface area contributed by atoms with Gasteiger partial charge in [0.25, 0.3) is 0 Å². The third-order valence-electron chi connectivity index (χ3n) is 4.33. The molecule has 3 rings (SSSR count). The largest absolute Gasteiger partial charge is 0.465 e. The minimum absolute atomic E-state index is 0.0235. The van der Waals surface area contributed by atoms with E-state index in [9.17, 15) is 4.79 Å². The standard InChI is InChI=1S/C14H20N2O2/c1-11-3-4-12(18-11)9-16-7-5-14(6-8-16)10-15(2)13(14)17/h3-4H,5-10H2,1-2H3. The minimum Gasteiger partial charge on any atom is -0.465 e. The van der Waals surface area contributed by atoms with E-state index in [1.165, 1.54) is 0 Å². The fourth-order valence-corrected chi connectivity index (χ4v) is 3.21. The Kier molecular flexibility index (Phi) is 2.70. The maximum atomic E-state index is 11.9. The first kappa shape index (κ1) is 11.8. The molecule has 0 aliphatic carbocycles. The zero-order valence-electron chi connectivity index (χ0n) is 11.1. The van der Waals surface area contributed by atoms with Crippen LogP contribution in [-0.4, -0.2) is 42.4 Å². The Bertz CT molecular complexity index is 458. The Labute approximate surface area is 108 Å². The molecular formula is C14H20N2O2. The number of β-lactam (4-membered cyclic amide) rings is 1. The zero-order valence-corrected chi connectivity index (χ0v) is 11.1. The number of likely N-dealkylation sites (tertiary alicyclic amines) is 2. The zero-order chi connectivity index (χ0) is 12.8. The summed E-state index contributed by atoms with van der Waals surface area (Å²) in [5, 5.41) is 0. The fourth-order valence-electron chi connectivity index (χ4n) is 3.21. The van der Waals surface area contributed by atoms with Crippen LogP contribution in [-0.2, 0) is 11.3 Å². The van der Waals surface area contributed by atoms with Crippen molar-refractivity contribution in [3.05, 3.63) is 23.7 Å². The summed E-state index contributed by atoms with van der Waals surface area (Å²) >= 11 is 0. The van der Waals surface area contributed by atoms with Crippen molar-refractivity contribution in [3.8, 4) is 0 Å². The molecule has 3 heterocycles. The Balaban J connectivity index is 1.56. The molecule has 2 aliphatic heterocycles. The molecule has 0 radical (unpaired) electrons. The highest BCUT2D eigenvalue weighted by atomic mass is 16.3. The summed E-state index contributed by atoms with van der Waals surface area (Å²) in [4.78, 5) is 16.1. The molecule has 98 valence electrons. The van der Waals surface area contributed by atoms with E-state index in [0.29, 0.717) is 5.91 Å². The van der Waals surface area contributed by atoms with Crippen molar-refractivity contribution in [1.82, 2.24) is 9.80 Å². The number of amides is 1. The van der Waals surface area contributed by atoms with Crippen LogP contribution >= 0.6 is 0 Å². The van der Waals surface area contributed by atoms with Gasteiger partial charge in [0.05, 0.1) is 12.0 Å². The van der Waals surface area contributed by atoms with Gasteiger partial charge in [0.2, 0.25) is 5.91 Å². The normalized spacial score (nSPS) is 23.4. The van der Waals surface area contributed by atoms with Gasteiger partial charge in [-0.25, -0.2) is 0 Å². The van der Waals surface area contributed by atoms with Crippen LogP contribution in [0.2, 0.25) is 0 Å². The Hall–Kier alpha value is -1.29. The summed E-state index contributed by atoms with van der Waals surface area (Å²) in [6.07, 6.45) is 1.99. The Morgan fingerprint density at radius 2 is 2.06 bits per heavy atom.